The van der Waals surface area contributed by atoms with Crippen LogP contribution in [0.4, 0.5) is 5.82 Å². The molecule has 2 N–H and O–H groups in total. The van der Waals surface area contributed by atoms with E-state index in [0.29, 0.717) is 39.7 Å². The van der Waals surface area contributed by atoms with Crippen LogP contribution in [0.1, 0.15) is 12.7 Å². The standard InChI is InChI=1S/C12H11Cl2N3O/c1-2-11-16-10(15)6-12(17-11)18-7-3-4-8(13)9(14)5-7/h3-6H,2H2,1H3,(H2,15,16,17). The summed E-state index contributed by atoms with van der Waals surface area (Å²) in [4.78, 5) is 8.28. The number of rotatable bonds is 3. The minimum absolute atomic E-state index is 0.372. The Morgan fingerprint density at radius 3 is 2.61 bits per heavy atom. The molecule has 0 aliphatic carbocycles. The Hall–Kier alpha value is -1.52. The number of hydrogen-bond donors (Lipinski definition) is 1. The maximum Gasteiger partial charge on any atom is 0.224 e. The zero-order valence-corrected chi connectivity index (χ0v) is 11.2. The van der Waals surface area contributed by atoms with E-state index in [0.717, 1.165) is 0 Å². The summed E-state index contributed by atoms with van der Waals surface area (Å²) in [6.07, 6.45) is 0.683. The Morgan fingerprint density at radius 2 is 1.94 bits per heavy atom. The lowest BCUT2D eigenvalue weighted by Crippen LogP contribution is -2.00. The molecule has 1 aromatic carbocycles. The van der Waals surface area contributed by atoms with Crippen molar-refractivity contribution < 1.29 is 4.74 Å². The molecular formula is C12H11Cl2N3O. The molecule has 0 fully saturated rings. The van der Waals surface area contributed by atoms with Crippen molar-refractivity contribution in [1.29, 1.82) is 0 Å². The average molecular weight is 284 g/mol. The van der Waals surface area contributed by atoms with E-state index in [4.69, 9.17) is 33.7 Å². The molecule has 2 aromatic rings. The minimum Gasteiger partial charge on any atom is -0.439 e. The summed E-state index contributed by atoms with van der Waals surface area (Å²) >= 11 is 11.7. The van der Waals surface area contributed by atoms with E-state index in [-0.39, 0.29) is 0 Å². The Morgan fingerprint density at radius 1 is 1.17 bits per heavy atom. The highest BCUT2D eigenvalue weighted by molar-refractivity contribution is 6.42. The van der Waals surface area contributed by atoms with E-state index in [1.165, 1.54) is 0 Å². The number of ether oxygens (including phenoxy) is 1. The van der Waals surface area contributed by atoms with Crippen molar-refractivity contribution in [3.8, 4) is 11.6 Å². The van der Waals surface area contributed by atoms with Gasteiger partial charge in [-0.25, -0.2) is 4.98 Å². The SMILES string of the molecule is CCc1nc(N)cc(Oc2ccc(Cl)c(Cl)c2)n1. The third kappa shape index (κ3) is 3.03. The second-order valence-corrected chi connectivity index (χ2v) is 4.39. The second kappa shape index (κ2) is 5.42. The highest BCUT2D eigenvalue weighted by Crippen LogP contribution is 2.29. The lowest BCUT2D eigenvalue weighted by Gasteiger charge is -2.07. The molecular weight excluding hydrogens is 273 g/mol. The maximum absolute atomic E-state index is 5.90. The van der Waals surface area contributed by atoms with E-state index in [2.05, 4.69) is 9.97 Å². The first kappa shape index (κ1) is 12.9. The van der Waals surface area contributed by atoms with Gasteiger partial charge in [0.2, 0.25) is 5.88 Å². The van der Waals surface area contributed by atoms with Gasteiger partial charge in [-0.2, -0.15) is 4.98 Å². The van der Waals surface area contributed by atoms with Crippen molar-refractivity contribution >= 4 is 29.0 Å². The highest BCUT2D eigenvalue weighted by Gasteiger charge is 2.05. The summed E-state index contributed by atoms with van der Waals surface area (Å²) in [5, 5.41) is 0.896. The van der Waals surface area contributed by atoms with E-state index >= 15 is 0 Å². The number of halogens is 2. The first-order valence-corrected chi connectivity index (χ1v) is 6.10. The maximum atomic E-state index is 5.90. The monoisotopic (exact) mass is 283 g/mol. The number of aryl methyl sites for hydroxylation is 1. The van der Waals surface area contributed by atoms with E-state index in [1.54, 1.807) is 24.3 Å². The van der Waals surface area contributed by atoms with Crippen LogP contribution >= 0.6 is 23.2 Å². The number of aromatic nitrogens is 2. The fourth-order valence-corrected chi connectivity index (χ4v) is 1.65. The summed E-state index contributed by atoms with van der Waals surface area (Å²) < 4.78 is 5.56. The molecule has 0 spiro atoms. The van der Waals surface area contributed by atoms with Crippen LogP contribution in [-0.2, 0) is 6.42 Å². The number of nitrogens with two attached hydrogens (primary N) is 1. The Balaban J connectivity index is 2.27. The van der Waals surface area contributed by atoms with Crippen LogP contribution in [0.5, 0.6) is 11.6 Å². The summed E-state index contributed by atoms with van der Waals surface area (Å²) in [7, 11) is 0. The summed E-state index contributed by atoms with van der Waals surface area (Å²) in [5.41, 5.74) is 5.66. The molecule has 4 nitrogen and oxygen atoms in total. The largest absolute Gasteiger partial charge is 0.439 e. The van der Waals surface area contributed by atoms with Crippen LogP contribution in [0.2, 0.25) is 10.0 Å². The molecule has 0 radical (unpaired) electrons. The topological polar surface area (TPSA) is 61.0 Å². The van der Waals surface area contributed by atoms with E-state index < -0.39 is 0 Å². The molecule has 94 valence electrons. The number of nitrogens with zero attached hydrogens (tertiary/aromatic N) is 2. The minimum atomic E-state index is 0.372. The van der Waals surface area contributed by atoms with Crippen LogP contribution < -0.4 is 10.5 Å². The van der Waals surface area contributed by atoms with Gasteiger partial charge < -0.3 is 10.5 Å². The summed E-state index contributed by atoms with van der Waals surface area (Å²) in [5.74, 6) is 1.93. The van der Waals surface area contributed by atoms with Crippen molar-refractivity contribution in [1.82, 2.24) is 9.97 Å². The third-order valence-corrected chi connectivity index (χ3v) is 2.94. The van der Waals surface area contributed by atoms with Crippen molar-refractivity contribution in [2.75, 3.05) is 5.73 Å². The number of hydrogen-bond acceptors (Lipinski definition) is 4. The molecule has 0 bridgehead atoms. The quantitative estimate of drug-likeness (QED) is 0.933. The van der Waals surface area contributed by atoms with Gasteiger partial charge in [0.15, 0.2) is 0 Å². The molecule has 1 aromatic heterocycles. The van der Waals surface area contributed by atoms with E-state index in [9.17, 15) is 0 Å². The fourth-order valence-electron chi connectivity index (χ4n) is 1.36. The van der Waals surface area contributed by atoms with Crippen LogP contribution in [0.25, 0.3) is 0 Å². The Bertz CT molecular complexity index is 575. The van der Waals surface area contributed by atoms with Crippen molar-refractivity contribution in [3.63, 3.8) is 0 Å². The first-order valence-electron chi connectivity index (χ1n) is 5.35. The van der Waals surface area contributed by atoms with Crippen molar-refractivity contribution in [3.05, 3.63) is 40.1 Å². The second-order valence-electron chi connectivity index (χ2n) is 3.58. The zero-order chi connectivity index (χ0) is 13.1. The van der Waals surface area contributed by atoms with Crippen LogP contribution in [0.3, 0.4) is 0 Å². The molecule has 0 unspecified atom stereocenters. The van der Waals surface area contributed by atoms with Crippen LogP contribution in [0.15, 0.2) is 24.3 Å². The van der Waals surface area contributed by atoms with Gasteiger partial charge in [-0.1, -0.05) is 30.1 Å². The molecule has 0 aliphatic rings. The summed E-state index contributed by atoms with van der Waals surface area (Å²) in [6.45, 7) is 1.94. The molecule has 0 saturated carbocycles. The number of nitrogen functional groups attached to an aromatic ring is 1. The van der Waals surface area contributed by atoms with Gasteiger partial charge >= 0.3 is 0 Å². The smallest absolute Gasteiger partial charge is 0.224 e. The Labute approximate surface area is 115 Å². The molecule has 18 heavy (non-hydrogen) atoms. The zero-order valence-electron chi connectivity index (χ0n) is 9.65. The normalized spacial score (nSPS) is 10.4. The van der Waals surface area contributed by atoms with Gasteiger partial charge in [0.05, 0.1) is 10.0 Å². The van der Waals surface area contributed by atoms with Crippen LogP contribution in [-0.4, -0.2) is 9.97 Å². The van der Waals surface area contributed by atoms with Gasteiger partial charge in [-0.15, -0.1) is 0 Å². The van der Waals surface area contributed by atoms with Gasteiger partial charge in [0, 0.05) is 18.6 Å². The first-order chi connectivity index (χ1) is 8.58. The lowest BCUT2D eigenvalue weighted by atomic mass is 10.3. The van der Waals surface area contributed by atoms with Gasteiger partial charge in [0.1, 0.15) is 17.4 Å². The Kier molecular flexibility index (Phi) is 3.89. The van der Waals surface area contributed by atoms with Gasteiger partial charge in [-0.3, -0.25) is 0 Å². The van der Waals surface area contributed by atoms with Crippen molar-refractivity contribution in [2.24, 2.45) is 0 Å². The molecule has 2 rings (SSSR count). The van der Waals surface area contributed by atoms with Gasteiger partial charge in [-0.05, 0) is 12.1 Å². The van der Waals surface area contributed by atoms with Crippen LogP contribution in [0, 0.1) is 0 Å². The molecule has 0 saturated heterocycles. The molecule has 0 atom stereocenters. The fraction of sp³-hybridized carbons (Fsp3) is 0.167. The highest BCUT2D eigenvalue weighted by atomic mass is 35.5. The third-order valence-electron chi connectivity index (χ3n) is 2.20. The number of anilines is 1. The molecule has 0 aliphatic heterocycles. The van der Waals surface area contributed by atoms with E-state index in [1.807, 2.05) is 6.92 Å². The summed E-state index contributed by atoms with van der Waals surface area (Å²) in [6, 6.07) is 6.54. The number of benzene rings is 1. The molecule has 6 heteroatoms. The molecule has 1 heterocycles. The molecule has 0 amide bonds. The van der Waals surface area contributed by atoms with Crippen molar-refractivity contribution in [2.45, 2.75) is 13.3 Å². The average Bonchev–Trinajstić information content (AvgIpc) is 2.33. The predicted octanol–water partition coefficient (Wildman–Crippen LogP) is 3.72. The van der Waals surface area contributed by atoms with Gasteiger partial charge in [0.25, 0.3) is 0 Å². The lowest BCUT2D eigenvalue weighted by molar-refractivity contribution is 0.459. The predicted molar refractivity (Wildman–Crippen MR) is 72.4 cm³/mol.